The SMILES string of the molecule is CC(C)(C)c1cn2c(n1)NC(c1ccccn1)CC2. The zero-order valence-electron chi connectivity index (χ0n) is 11.7. The standard InChI is InChI=1S/C15H20N4/c1-15(2,3)13-10-19-9-7-12(17-14(19)18-13)11-6-4-5-8-16-11/h4-6,8,10,12H,7,9H2,1-3H3,(H,17,18). The van der Waals surface area contributed by atoms with Crippen molar-refractivity contribution in [3.63, 3.8) is 0 Å². The quantitative estimate of drug-likeness (QED) is 0.852. The highest BCUT2D eigenvalue weighted by Gasteiger charge is 2.25. The van der Waals surface area contributed by atoms with Crippen LogP contribution in [0.4, 0.5) is 5.95 Å². The van der Waals surface area contributed by atoms with E-state index in [1.807, 2.05) is 18.3 Å². The molecule has 0 spiro atoms. The molecule has 100 valence electrons. The highest BCUT2D eigenvalue weighted by molar-refractivity contribution is 5.36. The van der Waals surface area contributed by atoms with Crippen LogP contribution in [0, 0.1) is 0 Å². The minimum absolute atomic E-state index is 0.0898. The molecule has 1 aliphatic heterocycles. The molecule has 1 unspecified atom stereocenters. The van der Waals surface area contributed by atoms with Crippen molar-refractivity contribution in [2.45, 2.75) is 45.2 Å². The molecule has 3 heterocycles. The van der Waals surface area contributed by atoms with E-state index in [1.165, 1.54) is 0 Å². The molecule has 0 saturated heterocycles. The van der Waals surface area contributed by atoms with Crippen LogP contribution in [0.25, 0.3) is 0 Å². The van der Waals surface area contributed by atoms with E-state index in [2.05, 4.69) is 47.9 Å². The Bertz CT molecular complexity index is 566. The Morgan fingerprint density at radius 1 is 1.32 bits per heavy atom. The minimum atomic E-state index is 0.0898. The van der Waals surface area contributed by atoms with Gasteiger partial charge in [0, 0.05) is 24.4 Å². The van der Waals surface area contributed by atoms with E-state index in [0.29, 0.717) is 0 Å². The molecule has 0 radical (unpaired) electrons. The van der Waals surface area contributed by atoms with Crippen molar-refractivity contribution in [3.8, 4) is 0 Å². The van der Waals surface area contributed by atoms with Gasteiger partial charge >= 0.3 is 0 Å². The first-order chi connectivity index (χ1) is 9.04. The molecule has 0 bridgehead atoms. The minimum Gasteiger partial charge on any atom is -0.347 e. The predicted molar refractivity (Wildman–Crippen MR) is 76.1 cm³/mol. The molecule has 19 heavy (non-hydrogen) atoms. The van der Waals surface area contributed by atoms with Crippen LogP contribution in [0.15, 0.2) is 30.6 Å². The molecule has 4 nitrogen and oxygen atoms in total. The Morgan fingerprint density at radius 2 is 2.16 bits per heavy atom. The molecule has 0 amide bonds. The van der Waals surface area contributed by atoms with E-state index < -0.39 is 0 Å². The number of hydrogen-bond donors (Lipinski definition) is 1. The van der Waals surface area contributed by atoms with Gasteiger partial charge in [-0.05, 0) is 18.6 Å². The highest BCUT2D eigenvalue weighted by Crippen LogP contribution is 2.30. The molecule has 2 aromatic rings. The van der Waals surface area contributed by atoms with Crippen molar-refractivity contribution in [2.24, 2.45) is 0 Å². The zero-order valence-corrected chi connectivity index (χ0v) is 11.7. The van der Waals surface area contributed by atoms with Gasteiger partial charge in [0.2, 0.25) is 5.95 Å². The van der Waals surface area contributed by atoms with Gasteiger partial charge in [-0.3, -0.25) is 4.98 Å². The van der Waals surface area contributed by atoms with Crippen LogP contribution in [0.3, 0.4) is 0 Å². The molecule has 4 heteroatoms. The maximum absolute atomic E-state index is 4.72. The molecule has 0 fully saturated rings. The lowest BCUT2D eigenvalue weighted by atomic mass is 9.93. The van der Waals surface area contributed by atoms with Crippen molar-refractivity contribution in [1.29, 1.82) is 0 Å². The molecule has 3 rings (SSSR count). The number of fused-ring (bicyclic) bond motifs is 1. The van der Waals surface area contributed by atoms with E-state index in [9.17, 15) is 0 Å². The number of aromatic nitrogens is 3. The third kappa shape index (κ3) is 2.35. The second kappa shape index (κ2) is 4.37. The monoisotopic (exact) mass is 256 g/mol. The van der Waals surface area contributed by atoms with Crippen LogP contribution in [-0.2, 0) is 12.0 Å². The summed E-state index contributed by atoms with van der Waals surface area (Å²) in [7, 11) is 0. The van der Waals surface area contributed by atoms with Crippen molar-refractivity contribution in [3.05, 3.63) is 42.0 Å². The average Bonchev–Trinajstić information content (AvgIpc) is 2.82. The van der Waals surface area contributed by atoms with E-state index in [1.54, 1.807) is 0 Å². The van der Waals surface area contributed by atoms with Crippen molar-refractivity contribution in [2.75, 3.05) is 5.32 Å². The summed E-state index contributed by atoms with van der Waals surface area (Å²) in [5.74, 6) is 0.965. The first-order valence-corrected chi connectivity index (χ1v) is 6.79. The number of rotatable bonds is 1. The van der Waals surface area contributed by atoms with Gasteiger partial charge in [0.25, 0.3) is 0 Å². The van der Waals surface area contributed by atoms with Crippen molar-refractivity contribution < 1.29 is 0 Å². The maximum atomic E-state index is 4.72. The van der Waals surface area contributed by atoms with Gasteiger partial charge in [0.15, 0.2) is 0 Å². The van der Waals surface area contributed by atoms with Crippen LogP contribution >= 0.6 is 0 Å². The molecule has 0 saturated carbocycles. The summed E-state index contributed by atoms with van der Waals surface area (Å²) >= 11 is 0. The van der Waals surface area contributed by atoms with E-state index in [4.69, 9.17) is 4.98 Å². The normalized spacial score (nSPS) is 18.8. The van der Waals surface area contributed by atoms with Crippen LogP contribution in [-0.4, -0.2) is 14.5 Å². The first kappa shape index (κ1) is 12.2. The van der Waals surface area contributed by atoms with Crippen molar-refractivity contribution >= 4 is 5.95 Å². The molecule has 0 aromatic carbocycles. The fraction of sp³-hybridized carbons (Fsp3) is 0.467. The lowest BCUT2D eigenvalue weighted by Crippen LogP contribution is -2.22. The molecular weight excluding hydrogens is 236 g/mol. The number of imidazole rings is 1. The van der Waals surface area contributed by atoms with E-state index in [0.717, 1.165) is 30.3 Å². The number of anilines is 1. The fourth-order valence-corrected chi connectivity index (χ4v) is 2.36. The lowest BCUT2D eigenvalue weighted by molar-refractivity contribution is 0.533. The van der Waals surface area contributed by atoms with Gasteiger partial charge in [-0.25, -0.2) is 4.98 Å². The Hall–Kier alpha value is -1.84. The summed E-state index contributed by atoms with van der Waals surface area (Å²) in [6.07, 6.45) is 5.06. The predicted octanol–water partition coefficient (Wildman–Crippen LogP) is 3.13. The molecular formula is C15H20N4. The van der Waals surface area contributed by atoms with Gasteiger partial charge in [-0.1, -0.05) is 26.8 Å². The van der Waals surface area contributed by atoms with E-state index >= 15 is 0 Å². The van der Waals surface area contributed by atoms with Crippen LogP contribution in [0.1, 0.15) is 44.6 Å². The molecule has 1 N–H and O–H groups in total. The number of nitrogens with zero attached hydrogens (tertiary/aromatic N) is 3. The third-order valence-electron chi connectivity index (χ3n) is 3.55. The summed E-state index contributed by atoms with van der Waals surface area (Å²) in [5.41, 5.74) is 2.32. The van der Waals surface area contributed by atoms with Crippen LogP contribution in [0.5, 0.6) is 0 Å². The topological polar surface area (TPSA) is 42.7 Å². The van der Waals surface area contributed by atoms with Gasteiger partial charge < -0.3 is 9.88 Å². The summed E-state index contributed by atoms with van der Waals surface area (Å²) in [5, 5.41) is 3.50. The fourth-order valence-electron chi connectivity index (χ4n) is 2.36. The Kier molecular flexibility index (Phi) is 2.81. The second-order valence-electron chi connectivity index (χ2n) is 6.13. The number of hydrogen-bond acceptors (Lipinski definition) is 3. The molecule has 0 aliphatic carbocycles. The molecule has 1 aliphatic rings. The average molecular weight is 256 g/mol. The van der Waals surface area contributed by atoms with Crippen LogP contribution in [0.2, 0.25) is 0 Å². The smallest absolute Gasteiger partial charge is 0.203 e. The maximum Gasteiger partial charge on any atom is 0.203 e. The highest BCUT2D eigenvalue weighted by atomic mass is 15.2. The van der Waals surface area contributed by atoms with Gasteiger partial charge in [-0.2, -0.15) is 0 Å². The van der Waals surface area contributed by atoms with Gasteiger partial charge in [-0.15, -0.1) is 0 Å². The summed E-state index contributed by atoms with van der Waals surface area (Å²) in [6.45, 7) is 7.57. The van der Waals surface area contributed by atoms with Gasteiger partial charge in [0.1, 0.15) is 0 Å². The number of pyridine rings is 1. The molecule has 2 aromatic heterocycles. The van der Waals surface area contributed by atoms with Crippen molar-refractivity contribution in [1.82, 2.24) is 14.5 Å². The summed E-state index contributed by atoms with van der Waals surface area (Å²) < 4.78 is 2.21. The van der Waals surface area contributed by atoms with Gasteiger partial charge in [0.05, 0.1) is 17.4 Å². The Morgan fingerprint density at radius 3 is 2.84 bits per heavy atom. The summed E-state index contributed by atoms with van der Waals surface area (Å²) in [6, 6.07) is 6.32. The summed E-state index contributed by atoms with van der Waals surface area (Å²) in [4.78, 5) is 9.15. The number of aryl methyl sites for hydroxylation is 1. The Labute approximate surface area is 113 Å². The zero-order chi connectivity index (χ0) is 13.5. The first-order valence-electron chi connectivity index (χ1n) is 6.79. The van der Waals surface area contributed by atoms with E-state index in [-0.39, 0.29) is 11.5 Å². The third-order valence-corrected chi connectivity index (χ3v) is 3.55. The second-order valence-corrected chi connectivity index (χ2v) is 6.13. The number of nitrogens with one attached hydrogen (secondary N) is 1. The van der Waals surface area contributed by atoms with Crippen LogP contribution < -0.4 is 5.32 Å². The lowest BCUT2D eigenvalue weighted by Gasteiger charge is -2.24. The largest absolute Gasteiger partial charge is 0.347 e. The Balaban J connectivity index is 1.86. The molecule has 1 atom stereocenters.